The summed E-state index contributed by atoms with van der Waals surface area (Å²) in [5.41, 5.74) is 3.74. The number of fused-ring (bicyclic) bond motifs is 1. The predicted molar refractivity (Wildman–Crippen MR) is 82.4 cm³/mol. The molecule has 0 bridgehead atoms. The van der Waals surface area contributed by atoms with E-state index in [2.05, 4.69) is 20.3 Å². The summed E-state index contributed by atoms with van der Waals surface area (Å²) in [4.78, 5) is 13.3. The largest absolute Gasteiger partial charge is 0.481 e. The highest BCUT2D eigenvalue weighted by Crippen LogP contribution is 2.17. The van der Waals surface area contributed by atoms with Crippen LogP contribution >= 0.6 is 0 Å². The van der Waals surface area contributed by atoms with Gasteiger partial charge >= 0.3 is 0 Å². The lowest BCUT2D eigenvalue weighted by Crippen LogP contribution is -2.05. The molecule has 0 saturated carbocycles. The summed E-state index contributed by atoms with van der Waals surface area (Å²) < 4.78 is 5.05. The number of aromatic nitrogens is 3. The van der Waals surface area contributed by atoms with Crippen molar-refractivity contribution in [3.8, 4) is 5.88 Å². The summed E-state index contributed by atoms with van der Waals surface area (Å²) >= 11 is 0. The van der Waals surface area contributed by atoms with E-state index in [0.717, 1.165) is 28.1 Å². The number of anilines is 1. The Morgan fingerprint density at radius 3 is 2.48 bits per heavy atom. The number of hydrogen-bond donors (Lipinski definition) is 1. The van der Waals surface area contributed by atoms with Gasteiger partial charge in [0.05, 0.1) is 23.8 Å². The van der Waals surface area contributed by atoms with Gasteiger partial charge in [-0.25, -0.2) is 15.0 Å². The van der Waals surface area contributed by atoms with Crippen molar-refractivity contribution in [3.63, 3.8) is 0 Å². The van der Waals surface area contributed by atoms with E-state index in [0.29, 0.717) is 12.4 Å². The van der Waals surface area contributed by atoms with Gasteiger partial charge in [0.1, 0.15) is 5.82 Å². The molecule has 1 N–H and O–H groups in total. The van der Waals surface area contributed by atoms with Gasteiger partial charge in [-0.15, -0.1) is 0 Å². The van der Waals surface area contributed by atoms with Crippen LogP contribution in [0.1, 0.15) is 11.3 Å². The number of benzene rings is 1. The van der Waals surface area contributed by atoms with E-state index in [9.17, 15) is 0 Å². The first-order valence-electron chi connectivity index (χ1n) is 6.72. The van der Waals surface area contributed by atoms with E-state index in [1.807, 2.05) is 43.3 Å². The van der Waals surface area contributed by atoms with E-state index < -0.39 is 0 Å². The number of para-hydroxylation sites is 2. The van der Waals surface area contributed by atoms with Crippen LogP contribution in [0.2, 0.25) is 0 Å². The third kappa shape index (κ3) is 2.91. The smallest absolute Gasteiger partial charge is 0.212 e. The normalized spacial score (nSPS) is 10.6. The van der Waals surface area contributed by atoms with E-state index in [1.54, 1.807) is 13.3 Å². The van der Waals surface area contributed by atoms with Gasteiger partial charge < -0.3 is 10.1 Å². The molecular formula is C16H16N4O. The van der Waals surface area contributed by atoms with Gasteiger partial charge in [-0.2, -0.15) is 0 Å². The first kappa shape index (κ1) is 13.3. The fourth-order valence-corrected chi connectivity index (χ4v) is 2.08. The number of hydrogen-bond acceptors (Lipinski definition) is 5. The molecule has 5 nitrogen and oxygen atoms in total. The van der Waals surface area contributed by atoms with Crippen molar-refractivity contribution >= 4 is 16.9 Å². The summed E-state index contributed by atoms with van der Waals surface area (Å²) in [6.45, 7) is 2.60. The SMILES string of the molecule is COc1ccc(CNc2nc3ccccc3nc2C)cn1. The van der Waals surface area contributed by atoms with Gasteiger partial charge in [-0.05, 0) is 24.6 Å². The maximum absolute atomic E-state index is 5.05. The van der Waals surface area contributed by atoms with Crippen LogP contribution in [-0.2, 0) is 6.54 Å². The zero-order valence-corrected chi connectivity index (χ0v) is 12.0. The Kier molecular flexibility index (Phi) is 3.64. The number of nitrogens with one attached hydrogen (secondary N) is 1. The molecule has 2 heterocycles. The molecule has 0 radical (unpaired) electrons. The fraction of sp³-hybridized carbons (Fsp3) is 0.188. The summed E-state index contributed by atoms with van der Waals surface area (Å²) in [6.07, 6.45) is 1.79. The zero-order chi connectivity index (χ0) is 14.7. The molecule has 3 aromatic rings. The first-order chi connectivity index (χ1) is 10.3. The number of ether oxygens (including phenoxy) is 1. The highest BCUT2D eigenvalue weighted by atomic mass is 16.5. The molecule has 5 heteroatoms. The third-order valence-electron chi connectivity index (χ3n) is 3.21. The maximum atomic E-state index is 5.05. The first-order valence-corrected chi connectivity index (χ1v) is 6.72. The van der Waals surface area contributed by atoms with Crippen LogP contribution in [0.3, 0.4) is 0 Å². The minimum Gasteiger partial charge on any atom is -0.481 e. The second-order valence-corrected chi connectivity index (χ2v) is 4.71. The summed E-state index contributed by atoms with van der Waals surface area (Å²) in [7, 11) is 1.61. The van der Waals surface area contributed by atoms with Crippen molar-refractivity contribution in [2.24, 2.45) is 0 Å². The molecule has 21 heavy (non-hydrogen) atoms. The lowest BCUT2D eigenvalue weighted by Gasteiger charge is -2.09. The highest BCUT2D eigenvalue weighted by molar-refractivity contribution is 5.76. The van der Waals surface area contributed by atoms with Crippen LogP contribution in [0.15, 0.2) is 42.6 Å². The molecule has 0 aliphatic rings. The topological polar surface area (TPSA) is 59.9 Å². The molecule has 0 unspecified atom stereocenters. The predicted octanol–water partition coefficient (Wildman–Crippen LogP) is 2.95. The van der Waals surface area contributed by atoms with Crippen LogP contribution < -0.4 is 10.1 Å². The van der Waals surface area contributed by atoms with Crippen LogP contribution in [0.4, 0.5) is 5.82 Å². The molecule has 0 aliphatic carbocycles. The van der Waals surface area contributed by atoms with Gasteiger partial charge in [0.2, 0.25) is 5.88 Å². The van der Waals surface area contributed by atoms with Crippen molar-refractivity contribution < 1.29 is 4.74 Å². The Bertz CT molecular complexity index is 756. The minimum atomic E-state index is 0.612. The molecule has 1 aromatic carbocycles. The number of nitrogens with zero attached hydrogens (tertiary/aromatic N) is 3. The Balaban J connectivity index is 1.79. The van der Waals surface area contributed by atoms with Crippen molar-refractivity contribution in [2.75, 3.05) is 12.4 Å². The molecule has 0 saturated heterocycles. The summed E-state index contributed by atoms with van der Waals surface area (Å²) in [5.74, 6) is 1.41. The van der Waals surface area contributed by atoms with Crippen molar-refractivity contribution in [1.29, 1.82) is 0 Å². The molecule has 2 aromatic heterocycles. The quantitative estimate of drug-likeness (QED) is 0.796. The second-order valence-electron chi connectivity index (χ2n) is 4.71. The Morgan fingerprint density at radius 1 is 1.05 bits per heavy atom. The third-order valence-corrected chi connectivity index (χ3v) is 3.21. The van der Waals surface area contributed by atoms with Gasteiger partial charge in [0.25, 0.3) is 0 Å². The molecule has 106 valence electrons. The molecule has 0 aliphatic heterocycles. The number of pyridine rings is 1. The molecule has 0 atom stereocenters. The van der Waals surface area contributed by atoms with Gasteiger partial charge in [-0.3, -0.25) is 0 Å². The fourth-order valence-electron chi connectivity index (χ4n) is 2.08. The lowest BCUT2D eigenvalue weighted by atomic mass is 10.2. The van der Waals surface area contributed by atoms with Crippen LogP contribution in [0, 0.1) is 6.92 Å². The average molecular weight is 280 g/mol. The van der Waals surface area contributed by atoms with E-state index in [1.165, 1.54) is 0 Å². The van der Waals surface area contributed by atoms with Gasteiger partial charge in [0.15, 0.2) is 0 Å². The monoisotopic (exact) mass is 280 g/mol. The summed E-state index contributed by atoms with van der Waals surface area (Å²) in [5, 5.41) is 3.30. The standard InChI is InChI=1S/C16H16N4O/c1-11-16(20-14-6-4-3-5-13(14)19-11)18-10-12-7-8-15(21-2)17-9-12/h3-9H,10H2,1-2H3,(H,18,20). The van der Waals surface area contributed by atoms with Gasteiger partial charge in [-0.1, -0.05) is 18.2 Å². The van der Waals surface area contributed by atoms with Gasteiger partial charge in [0, 0.05) is 18.8 Å². The zero-order valence-electron chi connectivity index (χ0n) is 12.0. The number of methoxy groups -OCH3 is 1. The van der Waals surface area contributed by atoms with Crippen LogP contribution in [0.25, 0.3) is 11.0 Å². The Labute approximate surface area is 123 Å². The minimum absolute atomic E-state index is 0.612. The van der Waals surface area contributed by atoms with Crippen molar-refractivity contribution in [2.45, 2.75) is 13.5 Å². The molecule has 3 rings (SSSR count). The molecule has 0 spiro atoms. The number of rotatable bonds is 4. The summed E-state index contributed by atoms with van der Waals surface area (Å²) in [6, 6.07) is 11.7. The molecule has 0 fully saturated rings. The van der Waals surface area contributed by atoms with Crippen molar-refractivity contribution in [3.05, 3.63) is 53.9 Å². The van der Waals surface area contributed by atoms with E-state index in [-0.39, 0.29) is 0 Å². The average Bonchev–Trinajstić information content (AvgIpc) is 2.53. The Hall–Kier alpha value is -2.69. The second kappa shape index (κ2) is 5.75. The van der Waals surface area contributed by atoms with Crippen LogP contribution in [-0.4, -0.2) is 22.1 Å². The Morgan fingerprint density at radius 2 is 1.81 bits per heavy atom. The van der Waals surface area contributed by atoms with Crippen LogP contribution in [0.5, 0.6) is 5.88 Å². The van der Waals surface area contributed by atoms with Crippen molar-refractivity contribution in [1.82, 2.24) is 15.0 Å². The number of aryl methyl sites for hydroxylation is 1. The molecular weight excluding hydrogens is 264 g/mol. The highest BCUT2D eigenvalue weighted by Gasteiger charge is 2.04. The molecule has 0 amide bonds. The maximum Gasteiger partial charge on any atom is 0.212 e. The lowest BCUT2D eigenvalue weighted by molar-refractivity contribution is 0.397. The van der Waals surface area contributed by atoms with E-state index >= 15 is 0 Å². The van der Waals surface area contributed by atoms with E-state index in [4.69, 9.17) is 4.74 Å².